The molecule has 1 aromatic carbocycles. The molecule has 28 heavy (non-hydrogen) atoms. The van der Waals surface area contributed by atoms with Crippen LogP contribution in [0.4, 0.5) is 19.0 Å². The van der Waals surface area contributed by atoms with Crippen LogP contribution in [0.15, 0.2) is 42.9 Å². The highest BCUT2D eigenvalue weighted by Gasteiger charge is 2.34. The Morgan fingerprint density at radius 1 is 1.07 bits per heavy atom. The van der Waals surface area contributed by atoms with Gasteiger partial charge in [-0.3, -0.25) is 0 Å². The SMILES string of the molecule is FC(F)(F)Oc1ccc(CC2(Nc3ncnc4[nH]ccc34)CCNCC2)cc1. The Kier molecular flexibility index (Phi) is 4.84. The Labute approximate surface area is 159 Å². The van der Waals surface area contributed by atoms with E-state index in [2.05, 4.69) is 30.3 Å². The molecule has 6 nitrogen and oxygen atoms in total. The summed E-state index contributed by atoms with van der Waals surface area (Å²) in [5.41, 5.74) is 1.44. The van der Waals surface area contributed by atoms with Crippen molar-refractivity contribution in [1.82, 2.24) is 20.3 Å². The lowest BCUT2D eigenvalue weighted by Crippen LogP contribution is -2.49. The number of aromatic amines is 1. The summed E-state index contributed by atoms with van der Waals surface area (Å²) in [5, 5.41) is 7.87. The van der Waals surface area contributed by atoms with E-state index in [4.69, 9.17) is 0 Å². The van der Waals surface area contributed by atoms with Crippen LogP contribution in [0, 0.1) is 0 Å². The second kappa shape index (κ2) is 7.31. The fourth-order valence-corrected chi connectivity index (χ4v) is 3.67. The van der Waals surface area contributed by atoms with Crippen molar-refractivity contribution in [2.45, 2.75) is 31.2 Å². The van der Waals surface area contributed by atoms with E-state index in [0.29, 0.717) is 6.42 Å². The topological polar surface area (TPSA) is 74.9 Å². The Hall–Kier alpha value is -2.81. The normalized spacial score (nSPS) is 16.8. The molecular formula is C19H20F3N5O. The lowest BCUT2D eigenvalue weighted by molar-refractivity contribution is -0.274. The van der Waals surface area contributed by atoms with E-state index in [1.807, 2.05) is 12.3 Å². The summed E-state index contributed by atoms with van der Waals surface area (Å²) in [6.07, 6.45) is 1.04. The van der Waals surface area contributed by atoms with E-state index in [-0.39, 0.29) is 11.3 Å². The summed E-state index contributed by atoms with van der Waals surface area (Å²) in [5.74, 6) is 0.540. The average Bonchev–Trinajstić information content (AvgIpc) is 3.13. The van der Waals surface area contributed by atoms with Crippen molar-refractivity contribution in [3.63, 3.8) is 0 Å². The molecule has 3 aromatic rings. The maximum atomic E-state index is 12.4. The number of rotatable bonds is 5. The van der Waals surface area contributed by atoms with Gasteiger partial charge >= 0.3 is 6.36 Å². The zero-order valence-electron chi connectivity index (χ0n) is 15.0. The number of nitrogens with zero attached hydrogens (tertiary/aromatic N) is 2. The summed E-state index contributed by atoms with van der Waals surface area (Å²) in [7, 11) is 0. The first-order valence-corrected chi connectivity index (χ1v) is 9.04. The van der Waals surface area contributed by atoms with Crippen molar-refractivity contribution in [3.05, 3.63) is 48.4 Å². The maximum Gasteiger partial charge on any atom is 0.573 e. The molecule has 0 spiro atoms. The Morgan fingerprint density at radius 3 is 2.54 bits per heavy atom. The molecular weight excluding hydrogens is 371 g/mol. The molecule has 0 unspecified atom stereocenters. The Bertz CT molecular complexity index is 933. The van der Waals surface area contributed by atoms with Gasteiger partial charge < -0.3 is 20.4 Å². The highest BCUT2D eigenvalue weighted by Crippen LogP contribution is 2.31. The van der Waals surface area contributed by atoms with Crippen LogP contribution in [0.3, 0.4) is 0 Å². The van der Waals surface area contributed by atoms with Crippen LogP contribution < -0.4 is 15.4 Å². The lowest BCUT2D eigenvalue weighted by atomic mass is 9.82. The number of halogens is 3. The van der Waals surface area contributed by atoms with Crippen molar-refractivity contribution in [2.75, 3.05) is 18.4 Å². The van der Waals surface area contributed by atoms with Gasteiger partial charge in [0.1, 0.15) is 23.5 Å². The average molecular weight is 391 g/mol. The van der Waals surface area contributed by atoms with E-state index in [0.717, 1.165) is 48.3 Å². The minimum atomic E-state index is -4.69. The Morgan fingerprint density at radius 2 is 1.82 bits per heavy atom. The third kappa shape index (κ3) is 4.19. The molecule has 1 aliphatic heterocycles. The molecule has 0 radical (unpaired) electrons. The zero-order valence-corrected chi connectivity index (χ0v) is 15.0. The predicted molar refractivity (Wildman–Crippen MR) is 99.2 cm³/mol. The van der Waals surface area contributed by atoms with Crippen LogP contribution in [0.5, 0.6) is 5.75 Å². The van der Waals surface area contributed by atoms with E-state index < -0.39 is 6.36 Å². The zero-order chi connectivity index (χ0) is 19.6. The second-order valence-electron chi connectivity index (χ2n) is 6.99. The van der Waals surface area contributed by atoms with Crippen molar-refractivity contribution >= 4 is 16.9 Å². The molecule has 1 saturated heterocycles. The van der Waals surface area contributed by atoms with E-state index in [1.54, 1.807) is 12.1 Å². The van der Waals surface area contributed by atoms with Crippen LogP contribution in [-0.2, 0) is 6.42 Å². The number of nitrogens with one attached hydrogen (secondary N) is 3. The van der Waals surface area contributed by atoms with Gasteiger partial charge in [-0.25, -0.2) is 9.97 Å². The number of ether oxygens (including phenoxy) is 1. The highest BCUT2D eigenvalue weighted by molar-refractivity contribution is 5.87. The van der Waals surface area contributed by atoms with Gasteiger partial charge in [0.2, 0.25) is 0 Å². The van der Waals surface area contributed by atoms with Gasteiger partial charge in [-0.1, -0.05) is 12.1 Å². The van der Waals surface area contributed by atoms with Crippen molar-refractivity contribution < 1.29 is 17.9 Å². The summed E-state index contributed by atoms with van der Waals surface area (Å²) >= 11 is 0. The van der Waals surface area contributed by atoms with Gasteiger partial charge in [0.15, 0.2) is 0 Å². The van der Waals surface area contributed by atoms with Crippen LogP contribution >= 0.6 is 0 Å². The highest BCUT2D eigenvalue weighted by atomic mass is 19.4. The lowest BCUT2D eigenvalue weighted by Gasteiger charge is -2.39. The summed E-state index contributed by atoms with van der Waals surface area (Å²) < 4.78 is 41.1. The third-order valence-corrected chi connectivity index (χ3v) is 5.00. The van der Waals surface area contributed by atoms with Crippen LogP contribution in [0.1, 0.15) is 18.4 Å². The Balaban J connectivity index is 1.57. The third-order valence-electron chi connectivity index (χ3n) is 5.00. The van der Waals surface area contributed by atoms with Gasteiger partial charge in [-0.05, 0) is 56.1 Å². The fourth-order valence-electron chi connectivity index (χ4n) is 3.67. The summed E-state index contributed by atoms with van der Waals surface area (Å²) in [4.78, 5) is 11.7. The number of benzene rings is 1. The number of aromatic nitrogens is 3. The van der Waals surface area contributed by atoms with Gasteiger partial charge in [0, 0.05) is 11.7 Å². The van der Waals surface area contributed by atoms with Crippen LogP contribution in [-0.4, -0.2) is 39.9 Å². The first-order valence-electron chi connectivity index (χ1n) is 9.04. The summed E-state index contributed by atoms with van der Waals surface area (Å²) in [6, 6.07) is 7.99. The van der Waals surface area contributed by atoms with E-state index >= 15 is 0 Å². The molecule has 0 aliphatic carbocycles. The molecule has 3 heterocycles. The van der Waals surface area contributed by atoms with Gasteiger partial charge in [-0.2, -0.15) is 0 Å². The second-order valence-corrected chi connectivity index (χ2v) is 6.99. The number of anilines is 1. The first kappa shape index (κ1) is 18.5. The minimum absolute atomic E-state index is 0.214. The molecule has 148 valence electrons. The van der Waals surface area contributed by atoms with Gasteiger partial charge in [-0.15, -0.1) is 13.2 Å². The molecule has 0 amide bonds. The number of fused-ring (bicyclic) bond motifs is 1. The molecule has 9 heteroatoms. The van der Waals surface area contributed by atoms with Gasteiger partial charge in [0.05, 0.1) is 5.39 Å². The van der Waals surface area contributed by atoms with Crippen LogP contribution in [0.2, 0.25) is 0 Å². The quantitative estimate of drug-likeness (QED) is 0.619. The van der Waals surface area contributed by atoms with E-state index in [1.165, 1.54) is 18.5 Å². The van der Waals surface area contributed by atoms with Gasteiger partial charge in [0.25, 0.3) is 0 Å². The predicted octanol–water partition coefficient (Wildman–Crippen LogP) is 3.63. The smallest absolute Gasteiger partial charge is 0.406 e. The number of hydrogen-bond acceptors (Lipinski definition) is 5. The minimum Gasteiger partial charge on any atom is -0.406 e. The summed E-state index contributed by atoms with van der Waals surface area (Å²) in [6.45, 7) is 1.70. The molecule has 0 bridgehead atoms. The van der Waals surface area contributed by atoms with Crippen molar-refractivity contribution in [2.24, 2.45) is 0 Å². The van der Waals surface area contributed by atoms with E-state index in [9.17, 15) is 13.2 Å². The monoisotopic (exact) mass is 391 g/mol. The van der Waals surface area contributed by atoms with Crippen molar-refractivity contribution in [1.29, 1.82) is 0 Å². The molecule has 1 aliphatic rings. The number of H-pyrrole nitrogens is 1. The molecule has 0 atom stereocenters. The molecule has 3 N–H and O–H groups in total. The maximum absolute atomic E-state index is 12.4. The molecule has 0 saturated carbocycles. The number of hydrogen-bond donors (Lipinski definition) is 3. The first-order chi connectivity index (χ1) is 13.4. The fraction of sp³-hybridized carbons (Fsp3) is 0.368. The largest absolute Gasteiger partial charge is 0.573 e. The van der Waals surface area contributed by atoms with Crippen LogP contribution in [0.25, 0.3) is 11.0 Å². The number of piperidine rings is 1. The van der Waals surface area contributed by atoms with Crippen molar-refractivity contribution in [3.8, 4) is 5.75 Å². The molecule has 2 aromatic heterocycles. The number of alkyl halides is 3. The standard InChI is InChI=1S/C19H20F3N5O/c20-19(21,22)28-14-3-1-13(2-4-14)11-18(6-9-23-10-7-18)27-17-15-5-8-24-16(15)25-12-26-17/h1-5,8,12,23H,6-7,9-11H2,(H2,24,25,26,27). The molecule has 1 fully saturated rings. The molecule has 4 rings (SSSR count).